The molecule has 0 saturated heterocycles. The molecule has 2 heterocycles. The molecule has 0 fully saturated rings. The Morgan fingerprint density at radius 2 is 1.35 bits per heavy atom. The van der Waals surface area contributed by atoms with Crippen LogP contribution in [0.25, 0.3) is 0 Å². The second-order valence-electron chi connectivity index (χ2n) is 3.98. The maximum atomic E-state index is 5.55. The summed E-state index contributed by atoms with van der Waals surface area (Å²) in [6.07, 6.45) is 7.33. The van der Waals surface area contributed by atoms with Gasteiger partial charge in [0, 0.05) is 26.1 Å². The van der Waals surface area contributed by atoms with Gasteiger partial charge in [-0.3, -0.25) is 0 Å². The molecule has 0 spiro atoms. The monoisotopic (exact) mass is 234 g/mol. The van der Waals surface area contributed by atoms with Gasteiger partial charge in [-0.1, -0.05) is 0 Å². The number of aryl methyl sites for hydroxylation is 2. The summed E-state index contributed by atoms with van der Waals surface area (Å²) in [5, 5.41) is 0. The Balaban J connectivity index is 1.44. The fourth-order valence-corrected chi connectivity index (χ4v) is 1.71. The third kappa shape index (κ3) is 4.49. The zero-order valence-corrected chi connectivity index (χ0v) is 9.93. The van der Waals surface area contributed by atoms with Crippen molar-refractivity contribution in [2.45, 2.75) is 25.7 Å². The number of hydrogen-bond donors (Lipinski definition) is 0. The zero-order chi connectivity index (χ0) is 11.8. The number of furan rings is 2. The Kier molecular flexibility index (Phi) is 4.91. The summed E-state index contributed by atoms with van der Waals surface area (Å²) in [7, 11) is 0. The van der Waals surface area contributed by atoms with Gasteiger partial charge in [0.2, 0.25) is 0 Å². The zero-order valence-electron chi connectivity index (χ0n) is 9.93. The van der Waals surface area contributed by atoms with Crippen molar-refractivity contribution >= 4 is 0 Å². The van der Waals surface area contributed by atoms with Crippen LogP contribution in [-0.4, -0.2) is 13.2 Å². The first kappa shape index (κ1) is 12.0. The average molecular weight is 234 g/mol. The topological polar surface area (TPSA) is 35.5 Å². The molecular formula is C14H18O3. The van der Waals surface area contributed by atoms with Gasteiger partial charge in [-0.2, -0.15) is 0 Å². The van der Waals surface area contributed by atoms with Crippen LogP contribution in [0, 0.1) is 0 Å². The number of hydrogen-bond acceptors (Lipinski definition) is 3. The summed E-state index contributed by atoms with van der Waals surface area (Å²) >= 11 is 0. The summed E-state index contributed by atoms with van der Waals surface area (Å²) in [5.41, 5.74) is 0. The highest BCUT2D eigenvalue weighted by Crippen LogP contribution is 2.05. The SMILES string of the molecule is c1coc(CCCOCCCc2ccco2)c1. The molecule has 0 N–H and O–H groups in total. The molecule has 0 atom stereocenters. The first-order valence-corrected chi connectivity index (χ1v) is 6.07. The van der Waals surface area contributed by atoms with E-state index in [0.29, 0.717) is 0 Å². The largest absolute Gasteiger partial charge is 0.469 e. The van der Waals surface area contributed by atoms with Crippen molar-refractivity contribution in [1.29, 1.82) is 0 Å². The maximum absolute atomic E-state index is 5.55. The minimum absolute atomic E-state index is 0.791. The Bertz CT molecular complexity index is 337. The second-order valence-corrected chi connectivity index (χ2v) is 3.98. The lowest BCUT2D eigenvalue weighted by molar-refractivity contribution is 0.127. The van der Waals surface area contributed by atoms with Gasteiger partial charge in [-0.25, -0.2) is 0 Å². The van der Waals surface area contributed by atoms with Gasteiger partial charge >= 0.3 is 0 Å². The molecule has 17 heavy (non-hydrogen) atoms. The summed E-state index contributed by atoms with van der Waals surface area (Å²) in [5.74, 6) is 2.06. The first-order valence-electron chi connectivity index (χ1n) is 6.07. The van der Waals surface area contributed by atoms with Crippen LogP contribution in [0.1, 0.15) is 24.4 Å². The number of ether oxygens (including phenoxy) is 1. The van der Waals surface area contributed by atoms with Crippen LogP contribution in [-0.2, 0) is 17.6 Å². The molecule has 0 unspecified atom stereocenters. The van der Waals surface area contributed by atoms with Crippen LogP contribution in [0.5, 0.6) is 0 Å². The van der Waals surface area contributed by atoms with E-state index in [2.05, 4.69) is 0 Å². The highest BCUT2D eigenvalue weighted by Gasteiger charge is 1.97. The molecule has 3 nitrogen and oxygen atoms in total. The molecule has 2 rings (SSSR count). The normalized spacial score (nSPS) is 10.8. The van der Waals surface area contributed by atoms with Crippen molar-refractivity contribution in [2.75, 3.05) is 13.2 Å². The third-order valence-electron chi connectivity index (χ3n) is 2.58. The highest BCUT2D eigenvalue weighted by atomic mass is 16.5. The molecule has 3 heteroatoms. The fraction of sp³-hybridized carbons (Fsp3) is 0.429. The van der Waals surface area contributed by atoms with Gasteiger partial charge in [0.1, 0.15) is 11.5 Å². The van der Waals surface area contributed by atoms with Gasteiger partial charge in [0.15, 0.2) is 0 Å². The fourth-order valence-electron chi connectivity index (χ4n) is 1.71. The standard InChI is InChI=1S/C14H18O3/c1(5-13-7-3-11-16-13)9-15-10-2-6-14-8-4-12-17-14/h3-4,7-8,11-12H,1-2,5-6,9-10H2. The van der Waals surface area contributed by atoms with Crippen LogP contribution in [0.15, 0.2) is 45.6 Å². The van der Waals surface area contributed by atoms with Crippen LogP contribution < -0.4 is 0 Å². The second kappa shape index (κ2) is 6.97. The molecule has 0 amide bonds. The van der Waals surface area contributed by atoms with Gasteiger partial charge in [0.25, 0.3) is 0 Å². The van der Waals surface area contributed by atoms with E-state index in [-0.39, 0.29) is 0 Å². The average Bonchev–Trinajstić information content (AvgIpc) is 3.00. The minimum Gasteiger partial charge on any atom is -0.469 e. The molecule has 0 saturated carbocycles. The van der Waals surface area contributed by atoms with Crippen LogP contribution >= 0.6 is 0 Å². The van der Waals surface area contributed by atoms with Gasteiger partial charge in [-0.05, 0) is 37.1 Å². The molecule has 0 aliphatic carbocycles. The van der Waals surface area contributed by atoms with E-state index in [9.17, 15) is 0 Å². The van der Waals surface area contributed by atoms with Crippen LogP contribution in [0.4, 0.5) is 0 Å². The van der Waals surface area contributed by atoms with E-state index in [0.717, 1.165) is 50.4 Å². The van der Waals surface area contributed by atoms with Gasteiger partial charge in [-0.15, -0.1) is 0 Å². The molecule has 0 radical (unpaired) electrons. The maximum Gasteiger partial charge on any atom is 0.103 e. The smallest absolute Gasteiger partial charge is 0.103 e. The number of rotatable bonds is 8. The molecular weight excluding hydrogens is 216 g/mol. The Morgan fingerprint density at radius 3 is 1.76 bits per heavy atom. The van der Waals surface area contributed by atoms with E-state index in [1.54, 1.807) is 12.5 Å². The summed E-state index contributed by atoms with van der Waals surface area (Å²) in [6.45, 7) is 1.58. The van der Waals surface area contributed by atoms with Crippen molar-refractivity contribution in [3.63, 3.8) is 0 Å². The molecule has 0 aliphatic heterocycles. The Morgan fingerprint density at radius 1 is 0.824 bits per heavy atom. The van der Waals surface area contributed by atoms with E-state index < -0.39 is 0 Å². The van der Waals surface area contributed by atoms with Crippen molar-refractivity contribution in [1.82, 2.24) is 0 Å². The third-order valence-corrected chi connectivity index (χ3v) is 2.58. The molecule has 0 aliphatic rings. The van der Waals surface area contributed by atoms with Gasteiger partial charge in [0.05, 0.1) is 12.5 Å². The Labute approximate surface area is 101 Å². The van der Waals surface area contributed by atoms with E-state index in [4.69, 9.17) is 13.6 Å². The molecule has 0 aromatic carbocycles. The van der Waals surface area contributed by atoms with Crippen molar-refractivity contribution in [3.8, 4) is 0 Å². The first-order chi connectivity index (χ1) is 8.45. The van der Waals surface area contributed by atoms with Crippen LogP contribution in [0.2, 0.25) is 0 Å². The van der Waals surface area contributed by atoms with E-state index in [1.165, 1.54) is 0 Å². The lowest BCUT2D eigenvalue weighted by Crippen LogP contribution is -1.99. The highest BCUT2D eigenvalue weighted by molar-refractivity contribution is 4.98. The van der Waals surface area contributed by atoms with E-state index in [1.807, 2.05) is 24.3 Å². The van der Waals surface area contributed by atoms with Crippen molar-refractivity contribution in [2.24, 2.45) is 0 Å². The minimum atomic E-state index is 0.791. The molecule has 92 valence electrons. The lowest BCUT2D eigenvalue weighted by atomic mass is 10.2. The van der Waals surface area contributed by atoms with Crippen molar-refractivity contribution in [3.05, 3.63) is 48.3 Å². The predicted octanol–water partition coefficient (Wildman–Crippen LogP) is 3.45. The molecule has 0 bridgehead atoms. The summed E-state index contributed by atoms with van der Waals surface area (Å²) in [6, 6.07) is 7.83. The molecule has 2 aromatic rings. The lowest BCUT2D eigenvalue weighted by Gasteiger charge is -2.02. The van der Waals surface area contributed by atoms with Gasteiger partial charge < -0.3 is 13.6 Å². The Hall–Kier alpha value is -1.48. The predicted molar refractivity (Wildman–Crippen MR) is 64.9 cm³/mol. The van der Waals surface area contributed by atoms with Crippen molar-refractivity contribution < 1.29 is 13.6 Å². The van der Waals surface area contributed by atoms with E-state index >= 15 is 0 Å². The molecule has 2 aromatic heterocycles. The van der Waals surface area contributed by atoms with Crippen LogP contribution in [0.3, 0.4) is 0 Å². The summed E-state index contributed by atoms with van der Waals surface area (Å²) < 4.78 is 16.0. The summed E-state index contributed by atoms with van der Waals surface area (Å²) in [4.78, 5) is 0. The quantitative estimate of drug-likeness (QED) is 0.656.